The summed E-state index contributed by atoms with van der Waals surface area (Å²) >= 11 is 0. The average Bonchev–Trinajstić information content (AvgIpc) is 3.15. The van der Waals surface area contributed by atoms with Crippen LogP contribution >= 0.6 is 0 Å². The largest absolute Gasteiger partial charge is 0.504 e. The standard InChI is InChI=1S/C26H30N2O5/c1-26-11-10-19-20(7-6-17-13-23(29)24(32-2)14-21(17)19)22(26)8-9-25(26)27-33-15-16-4-3-5-18(12-16)28(30)31/h3-5,12-14,19-20,22,29H,6-11,15H2,1-2H3/t19-,20+,22-,26-/m0/s1. The first-order chi connectivity index (χ1) is 15.9. The van der Waals surface area contributed by atoms with Crippen LogP contribution in [0.4, 0.5) is 5.69 Å². The van der Waals surface area contributed by atoms with E-state index < -0.39 is 4.92 Å². The maximum absolute atomic E-state index is 11.0. The Morgan fingerprint density at radius 3 is 2.85 bits per heavy atom. The molecule has 0 aromatic heterocycles. The summed E-state index contributed by atoms with van der Waals surface area (Å²) in [5, 5.41) is 25.8. The minimum Gasteiger partial charge on any atom is -0.504 e. The second-order valence-electron chi connectivity index (χ2n) is 9.87. The van der Waals surface area contributed by atoms with Gasteiger partial charge in [0.2, 0.25) is 0 Å². The summed E-state index contributed by atoms with van der Waals surface area (Å²) in [5.41, 5.74) is 4.57. The van der Waals surface area contributed by atoms with Crippen LogP contribution in [0.2, 0.25) is 0 Å². The van der Waals surface area contributed by atoms with Gasteiger partial charge in [-0.3, -0.25) is 10.1 Å². The number of hydrogen-bond acceptors (Lipinski definition) is 6. The van der Waals surface area contributed by atoms with Crippen molar-refractivity contribution in [1.29, 1.82) is 0 Å². The zero-order valence-corrected chi connectivity index (χ0v) is 19.1. The molecule has 3 aliphatic carbocycles. The zero-order chi connectivity index (χ0) is 23.2. The highest BCUT2D eigenvalue weighted by Gasteiger charge is 2.53. The fourth-order valence-electron chi connectivity index (χ4n) is 6.63. The van der Waals surface area contributed by atoms with E-state index in [1.165, 1.54) is 23.3 Å². The number of fused-ring (bicyclic) bond motifs is 5. The summed E-state index contributed by atoms with van der Waals surface area (Å²) in [5.74, 6) is 2.43. The highest BCUT2D eigenvalue weighted by Crippen LogP contribution is 2.60. The van der Waals surface area contributed by atoms with Crippen LogP contribution in [0, 0.1) is 27.4 Å². The van der Waals surface area contributed by atoms with Gasteiger partial charge in [0.1, 0.15) is 6.61 Å². The van der Waals surface area contributed by atoms with Gasteiger partial charge >= 0.3 is 0 Å². The van der Waals surface area contributed by atoms with E-state index in [0.717, 1.165) is 49.8 Å². The lowest BCUT2D eigenvalue weighted by Crippen LogP contribution is -2.42. The molecule has 0 heterocycles. The topological polar surface area (TPSA) is 94.2 Å². The fourth-order valence-corrected chi connectivity index (χ4v) is 6.63. The number of aromatic hydroxyl groups is 1. The molecule has 2 fully saturated rings. The van der Waals surface area contributed by atoms with E-state index in [1.54, 1.807) is 13.2 Å². The minimum absolute atomic E-state index is 0.0301. The number of rotatable bonds is 5. The predicted octanol–water partition coefficient (Wildman–Crippen LogP) is 5.74. The second kappa shape index (κ2) is 8.36. The van der Waals surface area contributed by atoms with E-state index in [4.69, 9.17) is 9.57 Å². The molecule has 1 N–H and O–H groups in total. The molecule has 0 radical (unpaired) electrons. The zero-order valence-electron chi connectivity index (χ0n) is 19.1. The molecule has 5 rings (SSSR count). The van der Waals surface area contributed by atoms with Gasteiger partial charge < -0.3 is 14.7 Å². The third-order valence-electron chi connectivity index (χ3n) is 8.29. The van der Waals surface area contributed by atoms with E-state index >= 15 is 0 Å². The Bertz CT molecular complexity index is 1110. The van der Waals surface area contributed by atoms with Crippen molar-refractivity contribution in [2.45, 2.75) is 58.0 Å². The van der Waals surface area contributed by atoms with Crippen LogP contribution in [0.25, 0.3) is 0 Å². The Balaban J connectivity index is 1.32. The number of ether oxygens (including phenoxy) is 1. The minimum atomic E-state index is -0.393. The van der Waals surface area contributed by atoms with Crippen molar-refractivity contribution in [2.75, 3.05) is 7.11 Å². The van der Waals surface area contributed by atoms with Crippen molar-refractivity contribution < 1.29 is 19.6 Å². The molecule has 0 unspecified atom stereocenters. The molecule has 0 aliphatic heterocycles. The van der Waals surface area contributed by atoms with Crippen LogP contribution < -0.4 is 4.74 Å². The van der Waals surface area contributed by atoms with Crippen LogP contribution in [0.3, 0.4) is 0 Å². The average molecular weight is 451 g/mol. The molecular weight excluding hydrogens is 420 g/mol. The summed E-state index contributed by atoms with van der Waals surface area (Å²) in [7, 11) is 1.60. The highest BCUT2D eigenvalue weighted by atomic mass is 16.6. The summed E-state index contributed by atoms with van der Waals surface area (Å²) in [4.78, 5) is 16.3. The number of methoxy groups -OCH3 is 1. The molecule has 0 spiro atoms. The molecule has 3 aliphatic rings. The summed E-state index contributed by atoms with van der Waals surface area (Å²) in [6.07, 6.45) is 6.30. The van der Waals surface area contributed by atoms with Gasteiger partial charge in [-0.1, -0.05) is 24.2 Å². The number of non-ortho nitro benzene ring substituents is 1. The van der Waals surface area contributed by atoms with Gasteiger partial charge in [-0.15, -0.1) is 0 Å². The molecule has 4 atom stereocenters. The number of oxime groups is 1. The molecule has 0 bridgehead atoms. The van der Waals surface area contributed by atoms with E-state index in [0.29, 0.717) is 23.5 Å². The molecule has 7 heteroatoms. The van der Waals surface area contributed by atoms with Crippen molar-refractivity contribution in [3.8, 4) is 11.5 Å². The van der Waals surface area contributed by atoms with E-state index in [1.807, 2.05) is 12.1 Å². The number of hydrogen-bond donors (Lipinski definition) is 1. The van der Waals surface area contributed by atoms with Gasteiger partial charge in [0.05, 0.1) is 17.7 Å². The Morgan fingerprint density at radius 2 is 2.06 bits per heavy atom. The first kappa shape index (κ1) is 21.7. The Labute approximate surface area is 193 Å². The Kier molecular flexibility index (Phi) is 5.51. The van der Waals surface area contributed by atoms with Crippen LogP contribution in [0.1, 0.15) is 61.6 Å². The van der Waals surface area contributed by atoms with Crippen LogP contribution in [0.5, 0.6) is 11.5 Å². The molecule has 0 saturated heterocycles. The van der Waals surface area contributed by atoms with Crippen molar-refractivity contribution in [3.05, 3.63) is 63.2 Å². The molecule has 7 nitrogen and oxygen atoms in total. The quantitative estimate of drug-likeness (QED) is 0.463. The van der Waals surface area contributed by atoms with Crippen molar-refractivity contribution in [1.82, 2.24) is 0 Å². The third kappa shape index (κ3) is 3.73. The number of aryl methyl sites for hydroxylation is 1. The SMILES string of the molecule is COc1cc2c(cc1O)CC[C@@H]1[C@@H]2CC[C@]2(C)C(=NOCc3cccc([N+](=O)[O-])c3)CC[C@@H]12. The van der Waals surface area contributed by atoms with Crippen LogP contribution in [-0.2, 0) is 17.9 Å². The third-order valence-corrected chi connectivity index (χ3v) is 8.29. The fraction of sp³-hybridized carbons (Fsp3) is 0.500. The molecule has 2 aromatic carbocycles. The molecule has 33 heavy (non-hydrogen) atoms. The van der Waals surface area contributed by atoms with Gasteiger partial charge in [-0.25, -0.2) is 0 Å². The number of phenols is 1. The van der Waals surface area contributed by atoms with E-state index in [-0.39, 0.29) is 23.5 Å². The normalized spacial score (nSPS) is 29.2. The monoisotopic (exact) mass is 450 g/mol. The number of benzene rings is 2. The summed E-state index contributed by atoms with van der Waals surface area (Å²) in [6, 6.07) is 10.5. The van der Waals surface area contributed by atoms with Gasteiger partial charge in [0, 0.05) is 17.5 Å². The second-order valence-corrected chi connectivity index (χ2v) is 9.87. The number of nitro benzene ring substituents is 1. The van der Waals surface area contributed by atoms with Crippen molar-refractivity contribution >= 4 is 11.4 Å². The van der Waals surface area contributed by atoms with E-state index in [9.17, 15) is 15.2 Å². The Morgan fingerprint density at radius 1 is 1.21 bits per heavy atom. The van der Waals surface area contributed by atoms with Gasteiger partial charge in [-0.05, 0) is 85.1 Å². The first-order valence-corrected chi connectivity index (χ1v) is 11.7. The van der Waals surface area contributed by atoms with Gasteiger partial charge in [0.25, 0.3) is 5.69 Å². The molecule has 0 amide bonds. The highest BCUT2D eigenvalue weighted by molar-refractivity contribution is 5.92. The maximum Gasteiger partial charge on any atom is 0.269 e. The first-order valence-electron chi connectivity index (χ1n) is 11.7. The van der Waals surface area contributed by atoms with Crippen LogP contribution in [0.15, 0.2) is 41.6 Å². The van der Waals surface area contributed by atoms with E-state index in [2.05, 4.69) is 18.1 Å². The van der Waals surface area contributed by atoms with Crippen molar-refractivity contribution in [3.63, 3.8) is 0 Å². The molecule has 174 valence electrons. The number of nitro groups is 1. The Hall–Kier alpha value is -3.09. The predicted molar refractivity (Wildman–Crippen MR) is 125 cm³/mol. The summed E-state index contributed by atoms with van der Waals surface area (Å²) < 4.78 is 5.39. The lowest BCUT2D eigenvalue weighted by molar-refractivity contribution is -0.384. The van der Waals surface area contributed by atoms with Gasteiger partial charge in [0.15, 0.2) is 11.5 Å². The van der Waals surface area contributed by atoms with Crippen molar-refractivity contribution in [2.24, 2.45) is 22.4 Å². The lowest BCUT2D eigenvalue weighted by Gasteiger charge is -2.49. The lowest BCUT2D eigenvalue weighted by atomic mass is 9.55. The summed E-state index contributed by atoms with van der Waals surface area (Å²) in [6.45, 7) is 2.57. The molecular formula is C26H30N2O5. The molecule has 2 saturated carbocycles. The smallest absolute Gasteiger partial charge is 0.269 e. The van der Waals surface area contributed by atoms with Crippen LogP contribution in [-0.4, -0.2) is 22.9 Å². The van der Waals surface area contributed by atoms with Gasteiger partial charge in [-0.2, -0.15) is 0 Å². The maximum atomic E-state index is 11.0. The number of phenolic OH excluding ortho intramolecular Hbond substituents is 1. The molecule has 2 aromatic rings. The number of nitrogens with zero attached hydrogens (tertiary/aromatic N) is 2.